The van der Waals surface area contributed by atoms with Gasteiger partial charge < -0.3 is 25.8 Å². The molecule has 180 valence electrons. The van der Waals surface area contributed by atoms with Crippen molar-refractivity contribution < 1.29 is 14.4 Å². The van der Waals surface area contributed by atoms with Gasteiger partial charge in [-0.3, -0.25) is 9.59 Å². The van der Waals surface area contributed by atoms with Gasteiger partial charge in [-0.15, -0.1) is 0 Å². The Balaban J connectivity index is 1.78. The van der Waals surface area contributed by atoms with Gasteiger partial charge in [-0.1, -0.05) is 48.9 Å². The molecule has 1 aliphatic rings. The monoisotopic (exact) mass is 463 g/mol. The van der Waals surface area contributed by atoms with E-state index in [1.54, 1.807) is 11.9 Å². The van der Waals surface area contributed by atoms with Crippen molar-refractivity contribution in [1.82, 2.24) is 10.3 Å². The molecule has 0 unspecified atom stereocenters. The highest BCUT2D eigenvalue weighted by Gasteiger charge is 2.27. The van der Waals surface area contributed by atoms with Crippen LogP contribution in [0.2, 0.25) is 0 Å². The zero-order valence-corrected chi connectivity index (χ0v) is 19.6. The second kappa shape index (κ2) is 12.0. The summed E-state index contributed by atoms with van der Waals surface area (Å²) in [6.07, 6.45) is 4.17. The van der Waals surface area contributed by atoms with Gasteiger partial charge in [-0.05, 0) is 24.5 Å². The number of anilines is 1. The fourth-order valence-corrected chi connectivity index (χ4v) is 4.16. The molecule has 2 aromatic carbocycles. The number of nitrogens with one attached hydrogen (secondary N) is 1. The molecule has 3 rings (SSSR count). The van der Waals surface area contributed by atoms with Gasteiger partial charge in [-0.2, -0.15) is 0 Å². The van der Waals surface area contributed by atoms with Crippen molar-refractivity contribution >= 4 is 35.2 Å². The van der Waals surface area contributed by atoms with Crippen LogP contribution in [-0.4, -0.2) is 36.7 Å². The minimum absolute atomic E-state index is 0.0841. The van der Waals surface area contributed by atoms with E-state index in [0.717, 1.165) is 42.2 Å². The summed E-state index contributed by atoms with van der Waals surface area (Å²) in [5.41, 5.74) is 11.0. The lowest BCUT2D eigenvalue weighted by Crippen LogP contribution is -2.35. The molecule has 0 saturated carbocycles. The van der Waals surface area contributed by atoms with Crippen LogP contribution in [0.25, 0.3) is 11.4 Å². The number of para-hydroxylation sites is 1. The molecule has 34 heavy (non-hydrogen) atoms. The summed E-state index contributed by atoms with van der Waals surface area (Å²) in [7, 11) is 1.74. The predicted octanol–water partition coefficient (Wildman–Crippen LogP) is 2.78. The molecule has 0 radical (unpaired) electrons. The van der Waals surface area contributed by atoms with Crippen LogP contribution in [0.15, 0.2) is 48.5 Å². The third-order valence-corrected chi connectivity index (χ3v) is 5.88. The summed E-state index contributed by atoms with van der Waals surface area (Å²) in [6, 6.07) is 15.2. The topological polar surface area (TPSA) is 122 Å². The molecule has 2 aromatic rings. The van der Waals surface area contributed by atoms with Crippen LogP contribution in [0.1, 0.15) is 55.2 Å². The smallest absolute Gasteiger partial charge is 0.227 e. The van der Waals surface area contributed by atoms with E-state index >= 15 is 0 Å². The van der Waals surface area contributed by atoms with E-state index in [9.17, 15) is 14.4 Å². The molecule has 0 atom stereocenters. The summed E-state index contributed by atoms with van der Waals surface area (Å²) < 4.78 is 0. The van der Waals surface area contributed by atoms with Crippen molar-refractivity contribution in [1.29, 1.82) is 0 Å². The first-order chi connectivity index (χ1) is 16.4. The Hall–Kier alpha value is -3.65. The minimum atomic E-state index is -0.157. The largest absolute Gasteiger partial charge is 0.396 e. The number of hydrogen-bond acceptors (Lipinski definition) is 6. The number of nitrogens with two attached hydrogens (primary N) is 2. The second-order valence-corrected chi connectivity index (χ2v) is 8.39. The number of fused-ring (bicyclic) bond motifs is 2. The van der Waals surface area contributed by atoms with Gasteiger partial charge in [0, 0.05) is 44.0 Å². The lowest BCUT2D eigenvalue weighted by Gasteiger charge is -2.31. The third kappa shape index (κ3) is 6.02. The van der Waals surface area contributed by atoms with E-state index in [4.69, 9.17) is 11.6 Å². The Labute approximate surface area is 200 Å². The van der Waals surface area contributed by atoms with Crippen molar-refractivity contribution in [3.05, 3.63) is 65.2 Å². The average molecular weight is 464 g/mol. The highest BCUT2D eigenvalue weighted by atomic mass is 16.2. The fraction of sp³-hybridized carbons (Fsp3) is 0.346. The van der Waals surface area contributed by atoms with Crippen molar-refractivity contribution in [3.63, 3.8) is 0 Å². The number of hydrogen-bond donors (Lipinski definition) is 3. The lowest BCUT2D eigenvalue weighted by atomic mass is 9.95. The van der Waals surface area contributed by atoms with Gasteiger partial charge in [0.2, 0.25) is 11.8 Å². The Morgan fingerprint density at radius 1 is 1.03 bits per heavy atom. The SMILES string of the molecule is CN(N)/C1=C(\N)c2ccccc2N(C(=O)CCC(=O)NCCCCCC=O)Cc2ccccc21. The number of rotatable bonds is 10. The number of benzene rings is 2. The maximum absolute atomic E-state index is 13.3. The summed E-state index contributed by atoms with van der Waals surface area (Å²) in [5, 5.41) is 4.36. The first-order valence-electron chi connectivity index (χ1n) is 11.6. The number of aldehydes is 1. The van der Waals surface area contributed by atoms with E-state index in [0.29, 0.717) is 36.6 Å². The number of hydrazine groups is 1. The Morgan fingerprint density at radius 3 is 2.47 bits per heavy atom. The van der Waals surface area contributed by atoms with Crippen molar-refractivity contribution in [2.45, 2.75) is 45.1 Å². The van der Waals surface area contributed by atoms with E-state index in [1.807, 2.05) is 48.5 Å². The second-order valence-electron chi connectivity index (χ2n) is 8.39. The maximum atomic E-state index is 13.3. The molecular weight excluding hydrogens is 430 g/mol. The number of carbonyl (C=O) groups is 3. The van der Waals surface area contributed by atoms with Crippen molar-refractivity contribution in [3.8, 4) is 0 Å². The summed E-state index contributed by atoms with van der Waals surface area (Å²) in [4.78, 5) is 37.6. The lowest BCUT2D eigenvalue weighted by molar-refractivity contribution is -0.125. The van der Waals surface area contributed by atoms with E-state index in [2.05, 4.69) is 5.32 Å². The molecule has 1 heterocycles. The first kappa shape index (κ1) is 25.0. The van der Waals surface area contributed by atoms with Gasteiger partial charge in [-0.25, -0.2) is 5.84 Å². The molecule has 1 aliphatic heterocycles. The molecule has 0 bridgehead atoms. The van der Waals surface area contributed by atoms with Gasteiger partial charge >= 0.3 is 0 Å². The Kier molecular flexibility index (Phi) is 8.81. The summed E-state index contributed by atoms with van der Waals surface area (Å²) in [5.74, 6) is 5.85. The number of nitrogens with zero attached hydrogens (tertiary/aromatic N) is 2. The first-order valence-corrected chi connectivity index (χ1v) is 11.6. The highest BCUT2D eigenvalue weighted by Crippen LogP contribution is 2.36. The molecule has 8 nitrogen and oxygen atoms in total. The zero-order valence-electron chi connectivity index (χ0n) is 19.6. The fourth-order valence-electron chi connectivity index (χ4n) is 4.16. The molecule has 2 amide bonds. The van der Waals surface area contributed by atoms with Gasteiger partial charge in [0.1, 0.15) is 6.29 Å². The standard InChI is InChI=1S/C26H33N5O3/c1-30(28)26-20-11-5-4-10-19(20)18-31(22-13-7-6-12-21(22)25(26)27)24(34)15-14-23(33)29-16-8-2-3-9-17-32/h4-7,10-13,17H,2-3,8-9,14-16,18,27-28H2,1H3,(H,29,33)/b26-25-. The molecule has 0 spiro atoms. The average Bonchev–Trinajstić information content (AvgIpc) is 2.83. The molecule has 0 fully saturated rings. The predicted molar refractivity (Wildman–Crippen MR) is 134 cm³/mol. The summed E-state index contributed by atoms with van der Waals surface area (Å²) >= 11 is 0. The molecule has 0 aromatic heterocycles. The third-order valence-electron chi connectivity index (χ3n) is 5.88. The number of unbranched alkanes of at least 4 members (excludes halogenated alkanes) is 3. The van der Waals surface area contributed by atoms with Crippen molar-refractivity contribution in [2.75, 3.05) is 18.5 Å². The minimum Gasteiger partial charge on any atom is -0.396 e. The van der Waals surface area contributed by atoms with Crippen LogP contribution in [0, 0.1) is 0 Å². The van der Waals surface area contributed by atoms with E-state index in [1.165, 1.54) is 5.01 Å². The molecule has 0 saturated heterocycles. The van der Waals surface area contributed by atoms with E-state index in [-0.39, 0.29) is 24.7 Å². The Bertz CT molecular complexity index is 1060. The van der Waals surface area contributed by atoms with E-state index < -0.39 is 0 Å². The Morgan fingerprint density at radius 2 is 1.74 bits per heavy atom. The zero-order chi connectivity index (χ0) is 24.5. The van der Waals surface area contributed by atoms with Crippen LogP contribution in [0.3, 0.4) is 0 Å². The van der Waals surface area contributed by atoms with Crippen molar-refractivity contribution in [2.24, 2.45) is 11.6 Å². The maximum Gasteiger partial charge on any atom is 0.227 e. The van der Waals surface area contributed by atoms with Gasteiger partial charge in [0.25, 0.3) is 0 Å². The van der Waals surface area contributed by atoms with Crippen LogP contribution < -0.4 is 21.8 Å². The highest BCUT2D eigenvalue weighted by molar-refractivity contribution is 6.01. The van der Waals surface area contributed by atoms with Gasteiger partial charge in [0.15, 0.2) is 0 Å². The van der Waals surface area contributed by atoms with Gasteiger partial charge in [0.05, 0.1) is 23.6 Å². The normalized spacial score (nSPS) is 14.9. The molecule has 5 N–H and O–H groups in total. The van der Waals surface area contributed by atoms with Crippen LogP contribution in [0.5, 0.6) is 0 Å². The van der Waals surface area contributed by atoms with Crippen LogP contribution >= 0.6 is 0 Å². The van der Waals surface area contributed by atoms with Crippen LogP contribution in [-0.2, 0) is 20.9 Å². The van der Waals surface area contributed by atoms with Crippen LogP contribution in [0.4, 0.5) is 5.69 Å². The number of carbonyl (C=O) groups excluding carboxylic acids is 3. The molecule has 0 aliphatic carbocycles. The molecular formula is C26H33N5O3. The molecule has 8 heteroatoms. The summed E-state index contributed by atoms with van der Waals surface area (Å²) in [6.45, 7) is 0.886. The quantitative estimate of drug-likeness (QED) is 0.216. The number of amides is 2.